The number of nitrogens with zero attached hydrogens (tertiary/aromatic N) is 2. The van der Waals surface area contributed by atoms with Crippen molar-refractivity contribution in [3.63, 3.8) is 0 Å². The van der Waals surface area contributed by atoms with Gasteiger partial charge in [0, 0.05) is 17.5 Å². The second kappa shape index (κ2) is 4.68. The largest absolute Gasteiger partial charge is 0.364 e. The molecule has 1 aromatic heterocycles. The number of fused-ring (bicyclic) bond motifs is 1. The Hall–Kier alpha value is -1.84. The van der Waals surface area contributed by atoms with Crippen LogP contribution in [0.4, 0.5) is 11.8 Å². The number of hydrogen-bond acceptors (Lipinski definition) is 4. The quantitative estimate of drug-likeness (QED) is 0.880. The topological polar surface area (TPSA) is 49.8 Å². The molecule has 0 atom stereocenters. The van der Waals surface area contributed by atoms with Crippen molar-refractivity contribution >= 4 is 22.7 Å². The van der Waals surface area contributed by atoms with Crippen LogP contribution in [0.15, 0.2) is 24.3 Å². The molecule has 1 fully saturated rings. The summed E-state index contributed by atoms with van der Waals surface area (Å²) in [6, 6.07) is 8.16. The molecule has 0 spiro atoms. The van der Waals surface area contributed by atoms with E-state index in [0.717, 1.165) is 23.3 Å². The molecule has 0 unspecified atom stereocenters. The summed E-state index contributed by atoms with van der Waals surface area (Å²) in [5.74, 6) is 1.65. The van der Waals surface area contributed by atoms with Crippen LogP contribution in [-0.2, 0) is 0 Å². The summed E-state index contributed by atoms with van der Waals surface area (Å²) < 4.78 is 0. The zero-order valence-electron chi connectivity index (χ0n) is 11.5. The first-order chi connectivity index (χ1) is 9.20. The smallest absolute Gasteiger partial charge is 0.225 e. The lowest BCUT2D eigenvalue weighted by molar-refractivity contribution is 0.306. The number of aromatic nitrogens is 2. The molecule has 4 heteroatoms. The van der Waals surface area contributed by atoms with Gasteiger partial charge in [-0.2, -0.15) is 4.98 Å². The average molecular weight is 256 g/mol. The molecule has 0 radical (unpaired) electrons. The normalized spacial score (nSPS) is 16.9. The molecular weight excluding hydrogens is 236 g/mol. The summed E-state index contributed by atoms with van der Waals surface area (Å²) >= 11 is 0. The minimum atomic E-state index is 0.195. The van der Waals surface area contributed by atoms with Crippen LogP contribution in [-0.4, -0.2) is 22.1 Å². The zero-order chi connectivity index (χ0) is 13.3. The number of anilines is 2. The monoisotopic (exact) mass is 256 g/mol. The predicted molar refractivity (Wildman–Crippen MR) is 79.6 cm³/mol. The Morgan fingerprint density at radius 3 is 2.68 bits per heavy atom. The summed E-state index contributed by atoms with van der Waals surface area (Å²) in [6.07, 6.45) is 3.72. The number of nitrogens with one attached hydrogen (secondary N) is 2. The summed E-state index contributed by atoms with van der Waals surface area (Å²) in [6.45, 7) is 5.15. The molecule has 1 heterocycles. The number of benzene rings is 1. The Balaban J connectivity index is 2.04. The minimum Gasteiger partial charge on any atom is -0.364 e. The lowest BCUT2D eigenvalue weighted by Gasteiger charge is -2.39. The van der Waals surface area contributed by atoms with Crippen LogP contribution in [0.1, 0.15) is 33.1 Å². The standard InChI is InChI=1S/C15H20N4/c1-3-16-14-17-12-8-5-4-7-11(12)13(18-14)19-15(2)9-6-10-15/h4-5,7-8H,3,6,9-10H2,1-2H3,(H2,16,17,18,19). The highest BCUT2D eigenvalue weighted by atomic mass is 15.2. The fourth-order valence-corrected chi connectivity index (χ4v) is 2.53. The van der Waals surface area contributed by atoms with E-state index in [4.69, 9.17) is 0 Å². The van der Waals surface area contributed by atoms with Gasteiger partial charge < -0.3 is 10.6 Å². The number of para-hydroxylation sites is 1. The van der Waals surface area contributed by atoms with Crippen molar-refractivity contribution in [2.75, 3.05) is 17.2 Å². The third-order valence-corrected chi connectivity index (χ3v) is 3.82. The Labute approximate surface area is 113 Å². The van der Waals surface area contributed by atoms with Gasteiger partial charge in [0.1, 0.15) is 5.82 Å². The molecular formula is C15H20N4. The molecule has 1 aliphatic carbocycles. The molecule has 1 aromatic carbocycles. The van der Waals surface area contributed by atoms with Crippen LogP contribution >= 0.6 is 0 Å². The van der Waals surface area contributed by atoms with Crippen LogP contribution in [0.2, 0.25) is 0 Å². The second-order valence-corrected chi connectivity index (χ2v) is 5.48. The molecule has 19 heavy (non-hydrogen) atoms. The summed E-state index contributed by atoms with van der Waals surface area (Å²) in [7, 11) is 0. The number of hydrogen-bond donors (Lipinski definition) is 2. The second-order valence-electron chi connectivity index (χ2n) is 5.48. The summed E-state index contributed by atoms with van der Waals surface area (Å²) in [5, 5.41) is 7.90. The van der Waals surface area contributed by atoms with Gasteiger partial charge in [-0.15, -0.1) is 0 Å². The van der Waals surface area contributed by atoms with Gasteiger partial charge in [0.15, 0.2) is 0 Å². The maximum Gasteiger partial charge on any atom is 0.225 e. The fourth-order valence-electron chi connectivity index (χ4n) is 2.53. The SMILES string of the molecule is CCNc1nc(NC2(C)CCC2)c2ccccc2n1. The van der Waals surface area contributed by atoms with Gasteiger partial charge in [0.05, 0.1) is 5.52 Å². The average Bonchev–Trinajstić information content (AvgIpc) is 2.37. The molecule has 0 saturated heterocycles. The highest BCUT2D eigenvalue weighted by Crippen LogP contribution is 2.36. The van der Waals surface area contributed by atoms with Crippen molar-refractivity contribution in [1.82, 2.24) is 9.97 Å². The van der Waals surface area contributed by atoms with Gasteiger partial charge in [0.25, 0.3) is 0 Å². The maximum absolute atomic E-state index is 4.62. The van der Waals surface area contributed by atoms with E-state index in [-0.39, 0.29) is 5.54 Å². The molecule has 2 aromatic rings. The number of rotatable bonds is 4. The first-order valence-electron chi connectivity index (χ1n) is 6.99. The molecule has 0 aliphatic heterocycles. The summed E-state index contributed by atoms with van der Waals surface area (Å²) in [5.41, 5.74) is 1.18. The van der Waals surface area contributed by atoms with E-state index >= 15 is 0 Å². The summed E-state index contributed by atoms with van der Waals surface area (Å²) in [4.78, 5) is 9.16. The Morgan fingerprint density at radius 1 is 1.21 bits per heavy atom. The van der Waals surface area contributed by atoms with Gasteiger partial charge in [0.2, 0.25) is 5.95 Å². The molecule has 4 nitrogen and oxygen atoms in total. The predicted octanol–water partition coefficient (Wildman–Crippen LogP) is 3.42. The van der Waals surface area contributed by atoms with Gasteiger partial charge >= 0.3 is 0 Å². The first kappa shape index (κ1) is 12.2. The van der Waals surface area contributed by atoms with Crippen LogP contribution in [0.3, 0.4) is 0 Å². The molecule has 0 bridgehead atoms. The minimum absolute atomic E-state index is 0.195. The van der Waals surface area contributed by atoms with E-state index in [9.17, 15) is 0 Å². The van der Waals surface area contributed by atoms with Crippen molar-refractivity contribution < 1.29 is 0 Å². The third kappa shape index (κ3) is 2.35. The van der Waals surface area contributed by atoms with E-state index in [2.05, 4.69) is 40.5 Å². The van der Waals surface area contributed by atoms with Crippen LogP contribution < -0.4 is 10.6 Å². The van der Waals surface area contributed by atoms with Crippen molar-refractivity contribution in [2.24, 2.45) is 0 Å². The van der Waals surface area contributed by atoms with E-state index in [1.54, 1.807) is 0 Å². The Morgan fingerprint density at radius 2 is 2.00 bits per heavy atom. The van der Waals surface area contributed by atoms with Crippen molar-refractivity contribution in [3.05, 3.63) is 24.3 Å². The van der Waals surface area contributed by atoms with Crippen molar-refractivity contribution in [2.45, 2.75) is 38.6 Å². The van der Waals surface area contributed by atoms with Crippen LogP contribution in [0.25, 0.3) is 10.9 Å². The van der Waals surface area contributed by atoms with E-state index in [1.165, 1.54) is 19.3 Å². The van der Waals surface area contributed by atoms with Gasteiger partial charge in [-0.3, -0.25) is 0 Å². The Kier molecular flexibility index (Phi) is 3.01. The van der Waals surface area contributed by atoms with Gasteiger partial charge in [-0.05, 0) is 45.2 Å². The lowest BCUT2D eigenvalue weighted by Crippen LogP contribution is -2.42. The molecule has 1 aliphatic rings. The molecule has 0 amide bonds. The highest BCUT2D eigenvalue weighted by molar-refractivity contribution is 5.90. The maximum atomic E-state index is 4.62. The van der Waals surface area contributed by atoms with Crippen molar-refractivity contribution in [3.8, 4) is 0 Å². The molecule has 1 saturated carbocycles. The molecule has 100 valence electrons. The van der Waals surface area contributed by atoms with Gasteiger partial charge in [-0.25, -0.2) is 4.98 Å². The van der Waals surface area contributed by atoms with Crippen LogP contribution in [0.5, 0.6) is 0 Å². The third-order valence-electron chi connectivity index (χ3n) is 3.82. The highest BCUT2D eigenvalue weighted by Gasteiger charge is 2.32. The zero-order valence-corrected chi connectivity index (χ0v) is 11.5. The van der Waals surface area contributed by atoms with E-state index < -0.39 is 0 Å². The fraction of sp³-hybridized carbons (Fsp3) is 0.467. The first-order valence-corrected chi connectivity index (χ1v) is 6.99. The van der Waals surface area contributed by atoms with Crippen LogP contribution in [0, 0.1) is 0 Å². The van der Waals surface area contributed by atoms with Crippen molar-refractivity contribution in [1.29, 1.82) is 0 Å². The van der Waals surface area contributed by atoms with Gasteiger partial charge in [-0.1, -0.05) is 12.1 Å². The molecule has 3 rings (SSSR count). The van der Waals surface area contributed by atoms with E-state index in [1.807, 2.05) is 18.2 Å². The Bertz CT molecular complexity index is 590. The lowest BCUT2D eigenvalue weighted by atomic mass is 9.78. The van der Waals surface area contributed by atoms with E-state index in [0.29, 0.717) is 5.95 Å². The molecule has 2 N–H and O–H groups in total.